The fourth-order valence-corrected chi connectivity index (χ4v) is 2.81. The van der Waals surface area contributed by atoms with Crippen molar-refractivity contribution in [3.63, 3.8) is 0 Å². The van der Waals surface area contributed by atoms with Crippen LogP contribution in [0.15, 0.2) is 71.8 Å². The van der Waals surface area contributed by atoms with Crippen molar-refractivity contribution >= 4 is 46.5 Å². The molecule has 0 aromatic heterocycles. The Kier molecular flexibility index (Phi) is 7.50. The number of amides is 1. The van der Waals surface area contributed by atoms with Crippen molar-refractivity contribution in [3.8, 4) is 5.75 Å². The number of carbonyl (C=O) groups excluding carboxylic acids is 1. The molecule has 3 aromatic rings. The summed E-state index contributed by atoms with van der Waals surface area (Å²) < 4.78 is 5.44. The van der Waals surface area contributed by atoms with Crippen LogP contribution in [0.3, 0.4) is 0 Å². The number of halogens is 1. The molecule has 0 saturated heterocycles. The van der Waals surface area contributed by atoms with Crippen LogP contribution in [0.4, 0.5) is 22.7 Å². The number of anilines is 2. The second kappa shape index (κ2) is 10.7. The average Bonchev–Trinajstić information content (AvgIpc) is 2.78. The molecule has 3 aromatic carbocycles. The Labute approximate surface area is 191 Å². The minimum absolute atomic E-state index is 0.00696. The molecule has 33 heavy (non-hydrogen) atoms. The number of hydrazone groups is 1. The molecule has 0 aliphatic heterocycles. The molecule has 0 spiro atoms. The first kappa shape index (κ1) is 23.2. The van der Waals surface area contributed by atoms with Gasteiger partial charge in [-0.2, -0.15) is 5.10 Å². The first-order chi connectivity index (χ1) is 15.8. The number of hydrogen-bond donors (Lipinski definition) is 2. The van der Waals surface area contributed by atoms with Gasteiger partial charge in [0.05, 0.1) is 22.1 Å². The van der Waals surface area contributed by atoms with Gasteiger partial charge < -0.3 is 10.1 Å². The van der Waals surface area contributed by atoms with E-state index in [-0.39, 0.29) is 18.2 Å². The third-order valence-electron chi connectivity index (χ3n) is 4.15. The molecule has 0 radical (unpaired) electrons. The molecule has 12 heteroatoms. The number of non-ortho nitro benzene ring substituents is 1. The van der Waals surface area contributed by atoms with E-state index in [0.29, 0.717) is 22.0 Å². The summed E-state index contributed by atoms with van der Waals surface area (Å²) in [6.45, 7) is -0.203. The van der Waals surface area contributed by atoms with Gasteiger partial charge in [-0.05, 0) is 54.1 Å². The van der Waals surface area contributed by atoms with Crippen LogP contribution in [0, 0.1) is 20.2 Å². The lowest BCUT2D eigenvalue weighted by molar-refractivity contribution is -0.393. The minimum Gasteiger partial charge on any atom is -0.484 e. The zero-order valence-corrected chi connectivity index (χ0v) is 17.6. The van der Waals surface area contributed by atoms with Gasteiger partial charge in [0.15, 0.2) is 6.61 Å². The average molecular weight is 470 g/mol. The van der Waals surface area contributed by atoms with Crippen LogP contribution < -0.4 is 15.5 Å². The van der Waals surface area contributed by atoms with Gasteiger partial charge in [-0.3, -0.25) is 30.4 Å². The molecule has 168 valence electrons. The van der Waals surface area contributed by atoms with E-state index in [1.54, 1.807) is 48.5 Å². The number of nitrogens with zero attached hydrogens (tertiary/aromatic N) is 3. The van der Waals surface area contributed by atoms with E-state index < -0.39 is 21.2 Å². The molecule has 1 amide bonds. The van der Waals surface area contributed by atoms with Crippen LogP contribution in [0.25, 0.3) is 0 Å². The van der Waals surface area contributed by atoms with Gasteiger partial charge in [0.2, 0.25) is 0 Å². The summed E-state index contributed by atoms with van der Waals surface area (Å²) in [7, 11) is 0. The predicted octanol–water partition coefficient (Wildman–Crippen LogP) is 4.62. The Morgan fingerprint density at radius 2 is 1.79 bits per heavy atom. The van der Waals surface area contributed by atoms with Crippen molar-refractivity contribution in [2.75, 3.05) is 17.3 Å². The molecule has 11 nitrogen and oxygen atoms in total. The highest BCUT2D eigenvalue weighted by Crippen LogP contribution is 2.28. The predicted molar refractivity (Wildman–Crippen MR) is 123 cm³/mol. The lowest BCUT2D eigenvalue weighted by Crippen LogP contribution is -2.20. The first-order valence-electron chi connectivity index (χ1n) is 9.32. The van der Waals surface area contributed by atoms with Crippen molar-refractivity contribution < 1.29 is 19.4 Å². The second-order valence-corrected chi connectivity index (χ2v) is 6.94. The van der Waals surface area contributed by atoms with Gasteiger partial charge in [-0.15, -0.1) is 0 Å². The van der Waals surface area contributed by atoms with E-state index in [0.717, 1.165) is 12.1 Å². The molecule has 0 heterocycles. The van der Waals surface area contributed by atoms with Crippen molar-refractivity contribution in [1.29, 1.82) is 0 Å². The minimum atomic E-state index is -0.737. The molecule has 3 rings (SSSR count). The van der Waals surface area contributed by atoms with E-state index in [1.165, 1.54) is 12.3 Å². The zero-order chi connectivity index (χ0) is 23.8. The number of ether oxygens (including phenoxy) is 1. The highest BCUT2D eigenvalue weighted by molar-refractivity contribution is 6.30. The maximum Gasteiger partial charge on any atom is 0.301 e. The molecule has 0 aliphatic rings. The summed E-state index contributed by atoms with van der Waals surface area (Å²) in [5.41, 5.74) is 2.84. The van der Waals surface area contributed by atoms with Crippen LogP contribution in [0.5, 0.6) is 5.75 Å². The lowest BCUT2D eigenvalue weighted by atomic mass is 10.2. The summed E-state index contributed by atoms with van der Waals surface area (Å²) >= 11 is 5.87. The summed E-state index contributed by atoms with van der Waals surface area (Å²) in [6.07, 6.45) is 1.40. The van der Waals surface area contributed by atoms with Crippen LogP contribution in [-0.2, 0) is 4.79 Å². The van der Waals surface area contributed by atoms with Gasteiger partial charge >= 0.3 is 5.69 Å². The Morgan fingerprint density at radius 1 is 1.03 bits per heavy atom. The van der Waals surface area contributed by atoms with E-state index in [9.17, 15) is 25.0 Å². The first-order valence-corrected chi connectivity index (χ1v) is 9.70. The molecular weight excluding hydrogens is 454 g/mol. The number of benzene rings is 3. The topological polar surface area (TPSA) is 149 Å². The van der Waals surface area contributed by atoms with Crippen LogP contribution in [0.1, 0.15) is 5.56 Å². The number of nitro benzene ring substituents is 2. The summed E-state index contributed by atoms with van der Waals surface area (Å²) in [6, 6.07) is 16.5. The fraction of sp³-hybridized carbons (Fsp3) is 0.0476. The van der Waals surface area contributed by atoms with Gasteiger partial charge in [0.25, 0.3) is 11.6 Å². The SMILES string of the molecule is O=C(COc1ccc(/C=N\Nc2ccc([N+](=O)[O-])cc2[N+](=O)[O-])cc1)Nc1cccc(Cl)c1. The molecule has 0 aliphatic carbocycles. The second-order valence-electron chi connectivity index (χ2n) is 6.50. The Balaban J connectivity index is 1.54. The number of carbonyl (C=O) groups is 1. The van der Waals surface area contributed by atoms with Crippen molar-refractivity contribution in [2.45, 2.75) is 0 Å². The van der Waals surface area contributed by atoms with Crippen LogP contribution in [0.2, 0.25) is 5.02 Å². The van der Waals surface area contributed by atoms with Gasteiger partial charge in [-0.25, -0.2) is 0 Å². The summed E-state index contributed by atoms with van der Waals surface area (Å²) in [5, 5.41) is 29.0. The van der Waals surface area contributed by atoms with Crippen LogP contribution in [-0.4, -0.2) is 28.6 Å². The number of nitro groups is 2. The Bertz CT molecular complexity index is 1220. The van der Waals surface area contributed by atoms with E-state index in [2.05, 4.69) is 15.8 Å². The maximum atomic E-state index is 12.0. The van der Waals surface area contributed by atoms with Gasteiger partial charge in [-0.1, -0.05) is 17.7 Å². The maximum absolute atomic E-state index is 12.0. The summed E-state index contributed by atoms with van der Waals surface area (Å²) in [4.78, 5) is 32.5. The van der Waals surface area contributed by atoms with Gasteiger partial charge in [0, 0.05) is 16.8 Å². The van der Waals surface area contributed by atoms with E-state index in [1.807, 2.05) is 0 Å². The van der Waals surface area contributed by atoms with E-state index >= 15 is 0 Å². The van der Waals surface area contributed by atoms with Crippen molar-refractivity contribution in [2.24, 2.45) is 5.10 Å². The molecule has 0 atom stereocenters. The third-order valence-corrected chi connectivity index (χ3v) is 4.38. The molecule has 0 unspecified atom stereocenters. The largest absolute Gasteiger partial charge is 0.484 e. The zero-order valence-electron chi connectivity index (χ0n) is 16.8. The third kappa shape index (κ3) is 6.74. The highest BCUT2D eigenvalue weighted by Gasteiger charge is 2.19. The number of nitrogens with one attached hydrogen (secondary N) is 2. The molecule has 0 fully saturated rings. The van der Waals surface area contributed by atoms with E-state index in [4.69, 9.17) is 16.3 Å². The smallest absolute Gasteiger partial charge is 0.301 e. The molecule has 0 bridgehead atoms. The fourth-order valence-electron chi connectivity index (χ4n) is 2.62. The molecule has 0 saturated carbocycles. The standard InChI is InChI=1S/C21H16ClN5O6/c22-15-2-1-3-16(10-15)24-21(28)13-33-18-7-4-14(5-8-18)12-23-25-19-9-6-17(26(29)30)11-20(19)27(31)32/h1-12,25H,13H2,(H,24,28)/b23-12-. The van der Waals surface area contributed by atoms with Crippen LogP contribution >= 0.6 is 11.6 Å². The van der Waals surface area contributed by atoms with Crippen molar-refractivity contribution in [3.05, 3.63) is 97.5 Å². The molecular formula is C21H16ClN5O6. The summed E-state index contributed by atoms with van der Waals surface area (Å²) in [5.74, 6) is 0.101. The quantitative estimate of drug-likeness (QED) is 0.263. The normalized spacial score (nSPS) is 10.6. The number of hydrogen-bond acceptors (Lipinski definition) is 8. The van der Waals surface area contributed by atoms with Gasteiger partial charge in [0.1, 0.15) is 11.4 Å². The Hall–Kier alpha value is -4.51. The lowest BCUT2D eigenvalue weighted by Gasteiger charge is -2.08. The highest BCUT2D eigenvalue weighted by atomic mass is 35.5. The Morgan fingerprint density at radius 3 is 2.45 bits per heavy atom. The van der Waals surface area contributed by atoms with Crippen molar-refractivity contribution in [1.82, 2.24) is 0 Å². The molecule has 2 N–H and O–H groups in total. The monoisotopic (exact) mass is 469 g/mol. The number of rotatable bonds is 9.